The van der Waals surface area contributed by atoms with E-state index in [1.54, 1.807) is 0 Å². The molecule has 3 N–H and O–H groups in total. The van der Waals surface area contributed by atoms with E-state index < -0.39 is 41.2 Å². The van der Waals surface area contributed by atoms with Gasteiger partial charge in [0, 0.05) is 35.2 Å². The summed E-state index contributed by atoms with van der Waals surface area (Å²) < 4.78 is 24.0. The zero-order chi connectivity index (χ0) is 26.0. The Morgan fingerprint density at radius 2 is 1.92 bits per heavy atom. The Morgan fingerprint density at radius 1 is 1.11 bits per heavy atom. The van der Waals surface area contributed by atoms with Gasteiger partial charge in [0.25, 0.3) is 0 Å². The molecule has 7 heteroatoms. The summed E-state index contributed by atoms with van der Waals surface area (Å²) in [7, 11) is 3.64. The Labute approximate surface area is 216 Å². The zero-order valence-electron chi connectivity index (χ0n) is 21.6. The van der Waals surface area contributed by atoms with Crippen molar-refractivity contribution in [2.24, 2.45) is 11.3 Å². The molecule has 9 unspecified atom stereocenters. The summed E-state index contributed by atoms with van der Waals surface area (Å²) >= 11 is 0. The molecule has 2 spiro atoms. The van der Waals surface area contributed by atoms with Crippen molar-refractivity contribution in [1.29, 1.82) is 0 Å². The zero-order valence-corrected chi connectivity index (χ0v) is 21.6. The van der Waals surface area contributed by atoms with Gasteiger partial charge in [0.05, 0.1) is 11.7 Å². The van der Waals surface area contributed by atoms with Gasteiger partial charge in [-0.25, -0.2) is 4.39 Å². The van der Waals surface area contributed by atoms with Crippen LogP contribution in [-0.4, -0.2) is 80.5 Å². The Morgan fingerprint density at radius 3 is 2.70 bits per heavy atom. The number of alkyl halides is 1. The van der Waals surface area contributed by atoms with Crippen molar-refractivity contribution in [2.45, 2.75) is 80.3 Å². The van der Waals surface area contributed by atoms with Gasteiger partial charge in [0.1, 0.15) is 17.8 Å². The van der Waals surface area contributed by atoms with Crippen molar-refractivity contribution in [2.75, 3.05) is 14.1 Å². The quantitative estimate of drug-likeness (QED) is 0.542. The molecule has 2 bridgehead atoms. The van der Waals surface area contributed by atoms with Gasteiger partial charge in [-0.1, -0.05) is 37.3 Å². The summed E-state index contributed by atoms with van der Waals surface area (Å²) in [6, 6.07) is 7.89. The van der Waals surface area contributed by atoms with E-state index in [4.69, 9.17) is 4.74 Å². The van der Waals surface area contributed by atoms with Crippen molar-refractivity contribution in [3.8, 4) is 0 Å². The summed E-state index contributed by atoms with van der Waals surface area (Å²) in [5.74, 6) is 0.0299. The second-order valence-corrected chi connectivity index (χ2v) is 12.4. The molecule has 2 saturated heterocycles. The number of nitrogens with zero attached hydrogens (tertiary/aromatic N) is 2. The van der Waals surface area contributed by atoms with E-state index in [0.717, 1.165) is 22.8 Å². The van der Waals surface area contributed by atoms with Gasteiger partial charge in [0.2, 0.25) is 0 Å². The molecule has 196 valence electrons. The first-order valence-electron chi connectivity index (χ1n) is 13.4. The second kappa shape index (κ2) is 7.48. The lowest BCUT2D eigenvalue weighted by molar-refractivity contribution is -0.308. The van der Waals surface area contributed by atoms with E-state index in [-0.39, 0.29) is 17.8 Å². The molecule has 2 aliphatic heterocycles. The molecule has 6 nitrogen and oxygen atoms in total. The normalized spacial score (nSPS) is 46.3. The van der Waals surface area contributed by atoms with Gasteiger partial charge in [-0.2, -0.15) is 0 Å². The molecular weight excluding hydrogens is 471 g/mol. The minimum absolute atomic E-state index is 0.0299. The van der Waals surface area contributed by atoms with Gasteiger partial charge in [-0.05, 0) is 74.4 Å². The van der Waals surface area contributed by atoms with E-state index in [9.17, 15) is 15.3 Å². The van der Waals surface area contributed by atoms with Crippen LogP contribution in [0.2, 0.25) is 0 Å². The monoisotopic (exact) mass is 506 g/mol. The predicted molar refractivity (Wildman–Crippen MR) is 138 cm³/mol. The molecule has 5 aliphatic rings. The molecule has 1 saturated carbocycles. The second-order valence-electron chi connectivity index (χ2n) is 12.4. The number of fused-ring (bicyclic) bond motifs is 2. The Hall–Kier alpha value is -2.16. The highest BCUT2D eigenvalue weighted by atomic mass is 19.1. The van der Waals surface area contributed by atoms with E-state index in [1.807, 2.05) is 43.5 Å². The maximum Gasteiger partial charge on any atom is 0.197 e. The maximum absolute atomic E-state index is 17.0. The van der Waals surface area contributed by atoms with Gasteiger partial charge in [-0.3, -0.25) is 4.98 Å². The number of allylic oxidation sites excluding steroid dienone is 3. The third-order valence-corrected chi connectivity index (χ3v) is 10.7. The SMILES string of the molecule is CN(C)C1CC23CCC4(O2)C(=CCC2(C)C(c5cccc6ccncc56)=CCC24)C(O)C3(F)C(O)C1O. The molecule has 1 aromatic carbocycles. The summed E-state index contributed by atoms with van der Waals surface area (Å²) in [6.45, 7) is 2.27. The molecule has 7 rings (SSSR count). The Kier molecular flexibility index (Phi) is 4.84. The molecule has 3 aliphatic carbocycles. The fourth-order valence-electron chi connectivity index (χ4n) is 8.85. The highest BCUT2D eigenvalue weighted by Gasteiger charge is 2.79. The number of likely N-dealkylation sites (N-methyl/N-ethyl adjacent to an activating group) is 1. The van der Waals surface area contributed by atoms with Crippen molar-refractivity contribution >= 4 is 16.3 Å². The van der Waals surface area contributed by atoms with Crippen LogP contribution >= 0.6 is 0 Å². The Bertz CT molecular complexity index is 1350. The molecule has 3 fully saturated rings. The molecule has 1 aromatic heterocycles. The lowest BCUT2D eigenvalue weighted by Gasteiger charge is -2.62. The van der Waals surface area contributed by atoms with E-state index in [0.29, 0.717) is 24.8 Å². The van der Waals surface area contributed by atoms with Gasteiger partial charge in [-0.15, -0.1) is 0 Å². The van der Waals surface area contributed by atoms with Crippen LogP contribution in [0.25, 0.3) is 16.3 Å². The van der Waals surface area contributed by atoms with E-state index >= 15 is 4.39 Å². The number of benzene rings is 1. The van der Waals surface area contributed by atoms with Crippen LogP contribution in [0, 0.1) is 11.3 Å². The molecule has 37 heavy (non-hydrogen) atoms. The van der Waals surface area contributed by atoms with Crippen molar-refractivity contribution in [3.05, 3.63) is 59.9 Å². The number of pyridine rings is 1. The fraction of sp³-hybridized carbons (Fsp3) is 0.567. The summed E-state index contributed by atoms with van der Waals surface area (Å²) in [5, 5.41) is 35.9. The van der Waals surface area contributed by atoms with Crippen molar-refractivity contribution in [3.63, 3.8) is 0 Å². The third-order valence-electron chi connectivity index (χ3n) is 10.7. The molecule has 0 radical (unpaired) electrons. The number of hydrogen-bond donors (Lipinski definition) is 3. The largest absolute Gasteiger partial charge is 0.389 e. The predicted octanol–water partition coefficient (Wildman–Crippen LogP) is 3.40. The standard InChI is InChI=1S/C30H35FN2O4/c1-27-11-9-21-25(35)30(31)26(36)24(34)22(33(2)3)15-28(30)12-13-29(21,37-28)23(27)8-7-20(27)18-6-4-5-17-10-14-32-16-19(17)18/h4-7,9-10,14,16,22-26,34-36H,8,11-13,15H2,1-3H3. The van der Waals surface area contributed by atoms with Crippen LogP contribution in [0.4, 0.5) is 4.39 Å². The number of ether oxygens (including phenoxy) is 1. The van der Waals surface area contributed by atoms with Gasteiger partial charge in [0.15, 0.2) is 5.67 Å². The fourth-order valence-corrected chi connectivity index (χ4v) is 8.85. The third kappa shape index (κ3) is 2.69. The minimum Gasteiger partial charge on any atom is -0.389 e. The van der Waals surface area contributed by atoms with Gasteiger partial charge >= 0.3 is 0 Å². The summed E-state index contributed by atoms with van der Waals surface area (Å²) in [6.07, 6.45) is 6.04. The van der Waals surface area contributed by atoms with Crippen LogP contribution in [0.15, 0.2) is 54.4 Å². The molecule has 3 heterocycles. The van der Waals surface area contributed by atoms with Crippen LogP contribution in [0.5, 0.6) is 0 Å². The van der Waals surface area contributed by atoms with E-state index in [2.05, 4.69) is 36.2 Å². The smallest absolute Gasteiger partial charge is 0.197 e. The number of hydrogen-bond acceptors (Lipinski definition) is 6. The first kappa shape index (κ1) is 23.9. The maximum atomic E-state index is 17.0. The van der Waals surface area contributed by atoms with Crippen molar-refractivity contribution < 1.29 is 24.4 Å². The lowest BCUT2D eigenvalue weighted by Crippen LogP contribution is -2.78. The summed E-state index contributed by atoms with van der Waals surface area (Å²) in [4.78, 5) is 6.21. The lowest BCUT2D eigenvalue weighted by atomic mass is 9.55. The molecule has 2 aromatic rings. The molecule has 0 amide bonds. The van der Waals surface area contributed by atoms with Gasteiger partial charge < -0.3 is 25.0 Å². The molecular formula is C30H35FN2O4. The Balaban J connectivity index is 1.35. The number of aliphatic hydroxyl groups excluding tert-OH is 3. The average Bonchev–Trinajstić information content (AvgIpc) is 3.42. The number of rotatable bonds is 2. The van der Waals surface area contributed by atoms with Crippen LogP contribution in [-0.2, 0) is 4.74 Å². The van der Waals surface area contributed by atoms with Crippen LogP contribution in [0.3, 0.4) is 0 Å². The van der Waals surface area contributed by atoms with Crippen molar-refractivity contribution in [1.82, 2.24) is 9.88 Å². The highest BCUT2D eigenvalue weighted by Crippen LogP contribution is 2.70. The average molecular weight is 507 g/mol. The number of aromatic nitrogens is 1. The van der Waals surface area contributed by atoms with Crippen LogP contribution in [0.1, 0.15) is 44.6 Å². The molecule has 9 atom stereocenters. The summed E-state index contributed by atoms with van der Waals surface area (Å²) in [5.41, 5.74) is -1.92. The topological polar surface area (TPSA) is 86.1 Å². The highest BCUT2D eigenvalue weighted by molar-refractivity contribution is 5.95. The number of aliphatic hydroxyl groups is 3. The minimum atomic E-state index is -2.46. The van der Waals surface area contributed by atoms with Crippen LogP contribution < -0.4 is 0 Å². The first-order valence-corrected chi connectivity index (χ1v) is 13.4. The number of halogens is 1. The first-order chi connectivity index (χ1) is 17.6. The van der Waals surface area contributed by atoms with E-state index in [1.165, 1.54) is 5.57 Å².